The Morgan fingerprint density at radius 1 is 1.27 bits per heavy atom. The van der Waals surface area contributed by atoms with Crippen LogP contribution in [0.1, 0.15) is 33.9 Å². The first-order chi connectivity index (χ1) is 12.5. The van der Waals surface area contributed by atoms with Crippen LogP contribution in [0.25, 0.3) is 21.8 Å². The van der Waals surface area contributed by atoms with Gasteiger partial charge in [0.15, 0.2) is 10.8 Å². The van der Waals surface area contributed by atoms with Crippen LogP contribution in [-0.4, -0.2) is 20.9 Å². The molecule has 8 heteroatoms. The number of aromatic nitrogens is 3. The number of aryl methyl sites for hydroxylation is 1. The van der Waals surface area contributed by atoms with E-state index in [-0.39, 0.29) is 17.6 Å². The van der Waals surface area contributed by atoms with Crippen molar-refractivity contribution in [3.05, 3.63) is 63.2 Å². The van der Waals surface area contributed by atoms with Gasteiger partial charge in [-0.2, -0.15) is 0 Å². The van der Waals surface area contributed by atoms with Crippen molar-refractivity contribution >= 4 is 28.3 Å². The normalized spacial score (nSPS) is 12.4. The van der Waals surface area contributed by atoms with Crippen LogP contribution >= 0.6 is 11.3 Å². The molecule has 3 aromatic heterocycles. The second-order valence-electron chi connectivity index (χ2n) is 5.98. The zero-order chi connectivity index (χ0) is 18.3. The van der Waals surface area contributed by atoms with Gasteiger partial charge in [-0.3, -0.25) is 4.79 Å². The molecule has 1 amide bonds. The summed E-state index contributed by atoms with van der Waals surface area (Å²) >= 11 is 1.42. The first kappa shape index (κ1) is 16.3. The van der Waals surface area contributed by atoms with Crippen LogP contribution in [0.2, 0.25) is 0 Å². The molecule has 0 bridgehead atoms. The summed E-state index contributed by atoms with van der Waals surface area (Å²) in [6.07, 6.45) is 1.58. The SMILES string of the molecule is Cc1sc(-c2ccco2)nc1C(=O)NC(C)c1ccc2[nH]c(=O)[nH]c2c1. The monoisotopic (exact) mass is 368 g/mol. The molecule has 0 fully saturated rings. The zero-order valence-corrected chi connectivity index (χ0v) is 14.9. The minimum Gasteiger partial charge on any atom is -0.462 e. The van der Waals surface area contributed by atoms with Gasteiger partial charge in [0.1, 0.15) is 5.69 Å². The van der Waals surface area contributed by atoms with E-state index in [4.69, 9.17) is 4.42 Å². The minimum absolute atomic E-state index is 0.238. The Balaban J connectivity index is 1.56. The van der Waals surface area contributed by atoms with Crippen molar-refractivity contribution in [1.29, 1.82) is 0 Å². The number of nitrogens with one attached hydrogen (secondary N) is 3. The van der Waals surface area contributed by atoms with Gasteiger partial charge in [0.2, 0.25) is 0 Å². The molecule has 1 atom stereocenters. The van der Waals surface area contributed by atoms with Crippen LogP contribution in [0, 0.1) is 6.92 Å². The third-order valence-electron chi connectivity index (χ3n) is 4.13. The molecule has 4 rings (SSSR count). The number of rotatable bonds is 4. The highest BCUT2D eigenvalue weighted by Crippen LogP contribution is 2.28. The maximum atomic E-state index is 12.6. The number of thiazole rings is 1. The molecule has 0 saturated heterocycles. The van der Waals surface area contributed by atoms with Crippen LogP contribution < -0.4 is 11.0 Å². The van der Waals surface area contributed by atoms with E-state index < -0.39 is 0 Å². The number of benzene rings is 1. The van der Waals surface area contributed by atoms with E-state index in [1.165, 1.54) is 11.3 Å². The lowest BCUT2D eigenvalue weighted by Gasteiger charge is -2.14. The van der Waals surface area contributed by atoms with Gasteiger partial charge in [0, 0.05) is 4.88 Å². The Bertz CT molecular complexity index is 1140. The molecule has 3 heterocycles. The first-order valence-electron chi connectivity index (χ1n) is 8.05. The third kappa shape index (κ3) is 2.95. The van der Waals surface area contributed by atoms with Crippen molar-refractivity contribution in [3.8, 4) is 10.8 Å². The van der Waals surface area contributed by atoms with Crippen molar-refractivity contribution in [2.24, 2.45) is 0 Å². The van der Waals surface area contributed by atoms with Gasteiger partial charge in [-0.15, -0.1) is 11.3 Å². The number of carbonyl (C=O) groups excluding carboxylic acids is 1. The summed E-state index contributed by atoms with van der Waals surface area (Å²) in [5.74, 6) is 0.402. The number of nitrogens with zero attached hydrogens (tertiary/aromatic N) is 1. The first-order valence-corrected chi connectivity index (χ1v) is 8.87. The highest BCUT2D eigenvalue weighted by atomic mass is 32.1. The van der Waals surface area contributed by atoms with E-state index in [1.54, 1.807) is 12.3 Å². The molecule has 0 aliphatic carbocycles. The molecule has 26 heavy (non-hydrogen) atoms. The average Bonchev–Trinajstić information content (AvgIpc) is 3.31. The van der Waals surface area contributed by atoms with E-state index >= 15 is 0 Å². The van der Waals surface area contributed by atoms with Gasteiger partial charge in [-0.25, -0.2) is 9.78 Å². The number of H-pyrrole nitrogens is 2. The predicted molar refractivity (Wildman–Crippen MR) is 99.4 cm³/mol. The average molecular weight is 368 g/mol. The third-order valence-corrected chi connectivity index (χ3v) is 5.12. The van der Waals surface area contributed by atoms with E-state index in [9.17, 15) is 9.59 Å². The number of fused-ring (bicyclic) bond motifs is 1. The number of aromatic amines is 2. The maximum absolute atomic E-state index is 12.6. The Kier molecular flexibility index (Phi) is 3.96. The summed E-state index contributed by atoms with van der Waals surface area (Å²) in [7, 11) is 0. The quantitative estimate of drug-likeness (QED) is 0.514. The molecule has 1 unspecified atom stereocenters. The topological polar surface area (TPSA) is 104 Å². The van der Waals surface area contributed by atoms with Crippen LogP contribution in [0.5, 0.6) is 0 Å². The number of carbonyl (C=O) groups is 1. The maximum Gasteiger partial charge on any atom is 0.323 e. The predicted octanol–water partition coefficient (Wildman–Crippen LogP) is 3.37. The number of hydrogen-bond donors (Lipinski definition) is 3. The number of amides is 1. The molecular weight excluding hydrogens is 352 g/mol. The highest BCUT2D eigenvalue weighted by molar-refractivity contribution is 7.15. The van der Waals surface area contributed by atoms with Crippen molar-refractivity contribution < 1.29 is 9.21 Å². The molecule has 0 aliphatic heterocycles. The standard InChI is InChI=1S/C18H16N4O3S/c1-9(11-5-6-12-13(8-11)21-18(24)20-12)19-16(23)15-10(2)26-17(22-15)14-4-3-7-25-14/h3-9H,1-2H3,(H,19,23)(H2,20,21,24). The lowest BCUT2D eigenvalue weighted by atomic mass is 10.1. The molecule has 3 N–H and O–H groups in total. The van der Waals surface area contributed by atoms with Crippen LogP contribution in [0.4, 0.5) is 0 Å². The molecule has 0 saturated carbocycles. The Labute approximate surface area is 152 Å². The largest absolute Gasteiger partial charge is 0.462 e. The molecule has 0 radical (unpaired) electrons. The smallest absolute Gasteiger partial charge is 0.323 e. The van der Waals surface area contributed by atoms with Crippen molar-refractivity contribution in [1.82, 2.24) is 20.3 Å². The molecule has 1 aromatic carbocycles. The van der Waals surface area contributed by atoms with E-state index in [1.807, 2.05) is 38.1 Å². The summed E-state index contributed by atoms with van der Waals surface area (Å²) in [4.78, 5) is 34.7. The van der Waals surface area contributed by atoms with Gasteiger partial charge < -0.3 is 19.7 Å². The van der Waals surface area contributed by atoms with E-state index in [0.29, 0.717) is 22.0 Å². The van der Waals surface area contributed by atoms with Gasteiger partial charge in [0.05, 0.1) is 23.3 Å². The summed E-state index contributed by atoms with van der Waals surface area (Å²) in [5.41, 5.74) is 2.47. The number of hydrogen-bond acceptors (Lipinski definition) is 5. The lowest BCUT2D eigenvalue weighted by molar-refractivity contribution is 0.0935. The summed E-state index contributed by atoms with van der Waals surface area (Å²) < 4.78 is 5.35. The van der Waals surface area contributed by atoms with Crippen LogP contribution in [0.3, 0.4) is 0 Å². The van der Waals surface area contributed by atoms with Crippen molar-refractivity contribution in [3.63, 3.8) is 0 Å². The Hall–Kier alpha value is -3.13. The second-order valence-corrected chi connectivity index (χ2v) is 7.18. The van der Waals surface area contributed by atoms with Crippen LogP contribution in [0.15, 0.2) is 45.8 Å². The Morgan fingerprint density at radius 2 is 2.08 bits per heavy atom. The van der Waals surface area contributed by atoms with Gasteiger partial charge in [0.25, 0.3) is 5.91 Å². The number of furan rings is 1. The van der Waals surface area contributed by atoms with E-state index in [2.05, 4.69) is 20.3 Å². The van der Waals surface area contributed by atoms with Gasteiger partial charge in [-0.1, -0.05) is 6.07 Å². The van der Waals surface area contributed by atoms with Gasteiger partial charge >= 0.3 is 5.69 Å². The van der Waals surface area contributed by atoms with Gasteiger partial charge in [-0.05, 0) is 43.7 Å². The Morgan fingerprint density at radius 3 is 2.85 bits per heavy atom. The minimum atomic E-state index is -0.252. The molecule has 4 aromatic rings. The lowest BCUT2D eigenvalue weighted by Crippen LogP contribution is -2.27. The molecule has 7 nitrogen and oxygen atoms in total. The second kappa shape index (κ2) is 6.30. The van der Waals surface area contributed by atoms with E-state index in [0.717, 1.165) is 16.0 Å². The van der Waals surface area contributed by atoms with Crippen molar-refractivity contribution in [2.45, 2.75) is 19.9 Å². The molecule has 132 valence electrons. The van der Waals surface area contributed by atoms with Crippen molar-refractivity contribution in [2.75, 3.05) is 0 Å². The summed E-state index contributed by atoms with van der Waals surface area (Å²) in [5, 5.41) is 3.63. The number of imidazole rings is 1. The zero-order valence-electron chi connectivity index (χ0n) is 14.1. The summed E-state index contributed by atoms with van der Waals surface area (Å²) in [6.45, 7) is 3.75. The molecule has 0 spiro atoms. The fraction of sp³-hybridized carbons (Fsp3) is 0.167. The summed E-state index contributed by atoms with van der Waals surface area (Å²) in [6, 6.07) is 8.90. The highest BCUT2D eigenvalue weighted by Gasteiger charge is 2.19. The van der Waals surface area contributed by atoms with Crippen LogP contribution in [-0.2, 0) is 0 Å². The fourth-order valence-corrected chi connectivity index (χ4v) is 3.66. The molecular formula is C18H16N4O3S. The molecule has 0 aliphatic rings. The fourth-order valence-electron chi connectivity index (χ4n) is 2.78.